The van der Waals surface area contributed by atoms with E-state index in [0.717, 1.165) is 11.1 Å². The number of phenols is 1. The van der Waals surface area contributed by atoms with Crippen molar-refractivity contribution in [2.75, 3.05) is 16.9 Å². The van der Waals surface area contributed by atoms with Gasteiger partial charge in [-0.3, -0.25) is 19.2 Å². The lowest BCUT2D eigenvalue weighted by Crippen LogP contribution is -2.48. The number of allylic oxidation sites excluding steroid dienone is 2. The van der Waals surface area contributed by atoms with E-state index in [1.807, 2.05) is 19.1 Å². The van der Waals surface area contributed by atoms with Gasteiger partial charge in [-0.25, -0.2) is 9.80 Å². The highest BCUT2D eigenvalue weighted by Crippen LogP contribution is 2.64. The fraction of sp³-hybridized carbons (Fsp3) is 0.314. The van der Waals surface area contributed by atoms with Gasteiger partial charge in [0.05, 0.1) is 46.7 Å². The molecule has 3 fully saturated rings. The lowest BCUT2D eigenvalue weighted by molar-refractivity contribution is -0.131. The largest absolute Gasteiger partial charge is 0.503 e. The van der Waals surface area contributed by atoms with Crippen molar-refractivity contribution >= 4 is 58.2 Å². The van der Waals surface area contributed by atoms with Crippen molar-refractivity contribution in [3.05, 3.63) is 93.5 Å². The monoisotopic (exact) mass is 644 g/mol. The van der Waals surface area contributed by atoms with Crippen LogP contribution in [0.3, 0.4) is 0 Å². The summed E-state index contributed by atoms with van der Waals surface area (Å²) in [6, 6.07) is 17.1. The number of carbonyl (C=O) groups excluding carboxylic acids is 4. The molecule has 2 aliphatic heterocycles. The smallest absolute Gasteiger partial charge is 0.241 e. The van der Waals surface area contributed by atoms with Crippen LogP contribution in [0.4, 0.5) is 11.4 Å². The summed E-state index contributed by atoms with van der Waals surface area (Å²) >= 11 is 12.9. The zero-order chi connectivity index (χ0) is 31.9. The van der Waals surface area contributed by atoms with Crippen LogP contribution >= 0.6 is 23.2 Å². The standard InChI is InChI=1S/C35H30Cl2N2O6/c1-17-9-10-20(15-25(17)36)38-31(41)22-12-11-21-23(28(22)33(38)43)16-24-32(42)39(19-7-5-4-6-8-19)34(44)35(24,2)29(21)18-13-26(37)30(40)27(14-18)45-3/h4-11,13-15,22-24,28-29,40H,12,16H2,1-3H3. The molecule has 0 spiro atoms. The first-order valence-corrected chi connectivity index (χ1v) is 15.6. The molecule has 2 saturated heterocycles. The van der Waals surface area contributed by atoms with Crippen molar-refractivity contribution in [3.63, 3.8) is 0 Å². The molecule has 230 valence electrons. The van der Waals surface area contributed by atoms with Gasteiger partial charge in [-0.15, -0.1) is 0 Å². The number of methoxy groups -OCH3 is 1. The van der Waals surface area contributed by atoms with Crippen LogP contribution in [0, 0.1) is 36.0 Å². The molecule has 0 radical (unpaired) electrons. The topological polar surface area (TPSA) is 104 Å². The fourth-order valence-electron chi connectivity index (χ4n) is 8.11. The normalized spacial score (nSPS) is 29.0. The van der Waals surface area contributed by atoms with E-state index in [2.05, 4.69) is 0 Å². The summed E-state index contributed by atoms with van der Waals surface area (Å²) in [5.74, 6) is -4.80. The summed E-state index contributed by atoms with van der Waals surface area (Å²) in [6.07, 6.45) is 2.48. The summed E-state index contributed by atoms with van der Waals surface area (Å²) in [5, 5.41) is 11.0. The van der Waals surface area contributed by atoms with Crippen molar-refractivity contribution in [1.29, 1.82) is 0 Å². The average molecular weight is 646 g/mol. The number of anilines is 2. The Morgan fingerprint density at radius 2 is 1.60 bits per heavy atom. The highest BCUT2D eigenvalue weighted by Gasteiger charge is 2.67. The van der Waals surface area contributed by atoms with Crippen LogP contribution in [-0.4, -0.2) is 35.8 Å². The molecule has 0 bridgehead atoms. The van der Waals surface area contributed by atoms with E-state index < -0.39 is 35.0 Å². The van der Waals surface area contributed by atoms with E-state index in [9.17, 15) is 24.3 Å². The molecule has 10 heteroatoms. The second kappa shape index (κ2) is 10.5. The molecular weight excluding hydrogens is 615 g/mol. The first-order chi connectivity index (χ1) is 21.5. The Balaban J connectivity index is 1.39. The van der Waals surface area contributed by atoms with Crippen LogP contribution in [0.5, 0.6) is 11.5 Å². The first kappa shape index (κ1) is 29.6. The Hall–Kier alpha value is -4.14. The summed E-state index contributed by atoms with van der Waals surface area (Å²) in [7, 11) is 1.41. The van der Waals surface area contributed by atoms with Crippen LogP contribution in [0.15, 0.2) is 72.3 Å². The number of amides is 4. The maximum absolute atomic E-state index is 14.5. The number of ether oxygens (including phenoxy) is 1. The predicted octanol–water partition coefficient (Wildman–Crippen LogP) is 6.45. The van der Waals surface area contributed by atoms with Gasteiger partial charge in [0.15, 0.2) is 11.5 Å². The van der Waals surface area contributed by atoms with Gasteiger partial charge in [-0.1, -0.05) is 59.1 Å². The first-order valence-electron chi connectivity index (χ1n) is 14.8. The lowest BCUT2D eigenvalue weighted by atomic mass is 9.51. The van der Waals surface area contributed by atoms with Gasteiger partial charge in [-0.2, -0.15) is 0 Å². The van der Waals surface area contributed by atoms with Gasteiger partial charge in [0.2, 0.25) is 23.6 Å². The minimum atomic E-state index is -1.25. The van der Waals surface area contributed by atoms with Crippen LogP contribution in [0.25, 0.3) is 0 Å². The number of aryl methyl sites for hydroxylation is 1. The van der Waals surface area contributed by atoms with Crippen molar-refractivity contribution in [3.8, 4) is 11.5 Å². The van der Waals surface area contributed by atoms with Gasteiger partial charge in [0.25, 0.3) is 0 Å². The molecule has 3 aromatic rings. The van der Waals surface area contributed by atoms with E-state index in [1.165, 1.54) is 16.9 Å². The van der Waals surface area contributed by atoms with Gasteiger partial charge in [-0.05, 0) is 80.1 Å². The third-order valence-corrected chi connectivity index (χ3v) is 11.0. The number of fused-ring (bicyclic) bond motifs is 4. The number of phenolic OH excluding ortho intramolecular Hbond substituents is 1. The number of nitrogens with zero attached hydrogens (tertiary/aromatic N) is 2. The molecule has 2 aliphatic carbocycles. The van der Waals surface area contributed by atoms with Gasteiger partial charge in [0.1, 0.15) is 0 Å². The van der Waals surface area contributed by atoms with Crippen LogP contribution < -0.4 is 14.5 Å². The third kappa shape index (κ3) is 4.11. The Morgan fingerprint density at radius 1 is 0.867 bits per heavy atom. The lowest BCUT2D eigenvalue weighted by Gasteiger charge is -2.49. The molecule has 0 aromatic heterocycles. The number of para-hydroxylation sites is 1. The van der Waals surface area contributed by atoms with Crippen molar-refractivity contribution < 1.29 is 29.0 Å². The molecule has 1 saturated carbocycles. The van der Waals surface area contributed by atoms with Gasteiger partial charge < -0.3 is 9.84 Å². The van der Waals surface area contributed by atoms with E-state index >= 15 is 0 Å². The minimum Gasteiger partial charge on any atom is -0.503 e. The van der Waals surface area contributed by atoms with Crippen LogP contribution in [-0.2, 0) is 19.2 Å². The van der Waals surface area contributed by atoms with E-state index in [-0.39, 0.29) is 46.6 Å². The Labute approximate surface area is 270 Å². The molecule has 4 aliphatic rings. The Morgan fingerprint density at radius 3 is 2.29 bits per heavy atom. The molecule has 7 rings (SSSR count). The summed E-state index contributed by atoms with van der Waals surface area (Å²) in [5.41, 5.74) is 1.83. The van der Waals surface area contributed by atoms with Gasteiger partial charge in [0, 0.05) is 10.9 Å². The minimum absolute atomic E-state index is 0.0344. The molecule has 6 atom stereocenters. The zero-order valence-corrected chi connectivity index (χ0v) is 26.3. The number of benzene rings is 3. The average Bonchev–Trinajstić information content (AvgIpc) is 3.39. The van der Waals surface area contributed by atoms with E-state index in [1.54, 1.807) is 61.5 Å². The van der Waals surface area contributed by atoms with Crippen molar-refractivity contribution in [2.45, 2.75) is 32.6 Å². The Kier molecular flexibility index (Phi) is 6.87. The molecule has 6 unspecified atom stereocenters. The summed E-state index contributed by atoms with van der Waals surface area (Å²) in [4.78, 5) is 59.3. The SMILES string of the molecule is COc1cc(C2C3=CCC4C(=O)N(c5ccc(C)c(Cl)c5)C(=O)C4C3CC3C(=O)N(c4ccccc4)C(=O)C32C)cc(Cl)c1O. The Bertz CT molecular complexity index is 1840. The molecule has 3 aromatic carbocycles. The second-order valence-electron chi connectivity index (χ2n) is 12.5. The quantitative estimate of drug-likeness (QED) is 0.258. The number of carbonyl (C=O) groups is 4. The molecule has 45 heavy (non-hydrogen) atoms. The maximum atomic E-state index is 14.5. The highest BCUT2D eigenvalue weighted by atomic mass is 35.5. The molecule has 8 nitrogen and oxygen atoms in total. The predicted molar refractivity (Wildman–Crippen MR) is 169 cm³/mol. The summed E-state index contributed by atoms with van der Waals surface area (Å²) in [6.45, 7) is 3.64. The second-order valence-corrected chi connectivity index (χ2v) is 13.3. The number of hydrogen-bond acceptors (Lipinski definition) is 6. The molecule has 2 heterocycles. The van der Waals surface area contributed by atoms with Crippen molar-refractivity contribution in [2.24, 2.45) is 29.1 Å². The summed E-state index contributed by atoms with van der Waals surface area (Å²) < 4.78 is 5.43. The third-order valence-electron chi connectivity index (χ3n) is 10.3. The number of hydrogen-bond donors (Lipinski definition) is 1. The number of imide groups is 2. The highest BCUT2D eigenvalue weighted by molar-refractivity contribution is 6.33. The van der Waals surface area contributed by atoms with Gasteiger partial charge >= 0.3 is 0 Å². The number of rotatable bonds is 4. The molecule has 4 amide bonds. The van der Waals surface area contributed by atoms with Crippen LogP contribution in [0.2, 0.25) is 10.0 Å². The number of halogens is 2. The molecular formula is C35H30Cl2N2O6. The molecule has 1 N–H and O–H groups in total. The zero-order valence-electron chi connectivity index (χ0n) is 24.8. The number of aromatic hydroxyl groups is 1. The maximum Gasteiger partial charge on any atom is 0.241 e. The fourth-order valence-corrected chi connectivity index (χ4v) is 8.50. The van der Waals surface area contributed by atoms with Crippen molar-refractivity contribution in [1.82, 2.24) is 0 Å². The van der Waals surface area contributed by atoms with Crippen LogP contribution in [0.1, 0.15) is 36.8 Å². The van der Waals surface area contributed by atoms with E-state index in [4.69, 9.17) is 27.9 Å². The van der Waals surface area contributed by atoms with E-state index in [0.29, 0.717) is 28.4 Å².